The van der Waals surface area contributed by atoms with Gasteiger partial charge in [0.05, 0.1) is 12.2 Å². The molecule has 0 bridgehead atoms. The maximum absolute atomic E-state index is 13.3. The van der Waals surface area contributed by atoms with Crippen LogP contribution in [0.25, 0.3) is 0 Å². The van der Waals surface area contributed by atoms with E-state index in [1.165, 1.54) is 22.6 Å². The molecule has 3 rings (SSSR count). The van der Waals surface area contributed by atoms with Crippen molar-refractivity contribution < 1.29 is 4.79 Å². The molecule has 0 aliphatic rings. The Labute approximate surface area is 188 Å². The van der Waals surface area contributed by atoms with Crippen molar-refractivity contribution >= 4 is 37.1 Å². The first-order valence-electron chi connectivity index (χ1n) is 9.89. The fourth-order valence-corrected chi connectivity index (χ4v) is 3.71. The van der Waals surface area contributed by atoms with Crippen LogP contribution >= 0.6 is 11.6 Å². The first-order valence-corrected chi connectivity index (χ1v) is 13.8. The Morgan fingerprint density at radius 2 is 1.74 bits per heavy atom. The molecule has 0 saturated carbocycles. The van der Waals surface area contributed by atoms with Crippen LogP contribution in [0, 0.1) is 11.5 Å². The summed E-state index contributed by atoms with van der Waals surface area (Å²) >= 11 is 6.25. The lowest BCUT2D eigenvalue weighted by atomic mass is 10.1. The highest BCUT2D eigenvalue weighted by Crippen LogP contribution is 2.26. The normalized spacial score (nSPS) is 10.9. The van der Waals surface area contributed by atoms with Crippen molar-refractivity contribution in [2.45, 2.75) is 33.1 Å². The van der Waals surface area contributed by atoms with Gasteiger partial charge in [-0.3, -0.25) is 14.5 Å². The Hall–Kier alpha value is -3.14. The minimum Gasteiger partial charge on any atom is -0.305 e. The second kappa shape index (κ2) is 9.34. The summed E-state index contributed by atoms with van der Waals surface area (Å²) in [5.74, 6) is 2.80. The first kappa shape index (κ1) is 22.5. The van der Waals surface area contributed by atoms with Gasteiger partial charge in [0, 0.05) is 18.7 Å². The molecule has 1 aromatic heterocycles. The van der Waals surface area contributed by atoms with E-state index in [1.807, 2.05) is 42.5 Å². The van der Waals surface area contributed by atoms with Crippen molar-refractivity contribution in [3.63, 3.8) is 0 Å². The SMILES string of the molecule is CC(=O)N(c1ccccc1C#C[Si](C)(C)C)c1nc(Cl)cn(Cc2ccccc2)c1=O. The Morgan fingerprint density at radius 3 is 2.39 bits per heavy atom. The molecule has 3 aromatic rings. The second-order valence-electron chi connectivity index (χ2n) is 8.18. The summed E-state index contributed by atoms with van der Waals surface area (Å²) in [4.78, 5) is 31.5. The maximum Gasteiger partial charge on any atom is 0.294 e. The van der Waals surface area contributed by atoms with Crippen LogP contribution in [0.2, 0.25) is 24.8 Å². The number of benzene rings is 2. The van der Waals surface area contributed by atoms with Crippen molar-refractivity contribution in [3.8, 4) is 11.5 Å². The topological polar surface area (TPSA) is 55.2 Å². The summed E-state index contributed by atoms with van der Waals surface area (Å²) in [6, 6.07) is 16.8. The molecule has 1 amide bonds. The summed E-state index contributed by atoms with van der Waals surface area (Å²) < 4.78 is 1.46. The summed E-state index contributed by atoms with van der Waals surface area (Å²) in [5.41, 5.74) is 5.02. The maximum atomic E-state index is 13.3. The van der Waals surface area contributed by atoms with Crippen molar-refractivity contribution in [1.82, 2.24) is 9.55 Å². The number of hydrogen-bond acceptors (Lipinski definition) is 3. The minimum absolute atomic E-state index is 0.0433. The fraction of sp³-hybridized carbons (Fsp3) is 0.208. The summed E-state index contributed by atoms with van der Waals surface area (Å²) in [6.45, 7) is 8.15. The van der Waals surface area contributed by atoms with Gasteiger partial charge in [0.1, 0.15) is 13.2 Å². The average molecular weight is 450 g/mol. The van der Waals surface area contributed by atoms with Gasteiger partial charge < -0.3 is 4.57 Å². The lowest BCUT2D eigenvalue weighted by molar-refractivity contribution is -0.115. The number of carbonyl (C=O) groups is 1. The van der Waals surface area contributed by atoms with Gasteiger partial charge in [-0.2, -0.15) is 0 Å². The van der Waals surface area contributed by atoms with Crippen LogP contribution in [0.3, 0.4) is 0 Å². The van der Waals surface area contributed by atoms with E-state index in [1.54, 1.807) is 12.1 Å². The van der Waals surface area contributed by atoms with Gasteiger partial charge >= 0.3 is 0 Å². The molecule has 2 aromatic carbocycles. The van der Waals surface area contributed by atoms with Crippen LogP contribution in [-0.2, 0) is 11.3 Å². The van der Waals surface area contributed by atoms with E-state index >= 15 is 0 Å². The highest BCUT2D eigenvalue weighted by molar-refractivity contribution is 6.83. The van der Waals surface area contributed by atoms with E-state index < -0.39 is 13.6 Å². The second-order valence-corrected chi connectivity index (χ2v) is 13.3. The third kappa shape index (κ3) is 5.72. The monoisotopic (exact) mass is 449 g/mol. The van der Waals surface area contributed by atoms with E-state index in [2.05, 4.69) is 36.1 Å². The third-order valence-electron chi connectivity index (χ3n) is 4.37. The molecule has 0 unspecified atom stereocenters. The Balaban J connectivity index is 2.15. The standard InChI is InChI=1S/C24H24ClN3O2Si/c1-18(29)28(21-13-9-8-12-20(21)14-15-31(2,3)4)23-24(30)27(17-22(25)26-23)16-19-10-6-5-7-11-19/h5-13,17H,16H2,1-4H3. The molecule has 7 heteroatoms. The van der Waals surface area contributed by atoms with Crippen molar-refractivity contribution in [2.24, 2.45) is 0 Å². The number of nitrogens with zero attached hydrogens (tertiary/aromatic N) is 3. The van der Waals surface area contributed by atoms with Crippen LogP contribution in [0.15, 0.2) is 65.6 Å². The molecule has 0 N–H and O–H groups in total. The van der Waals surface area contributed by atoms with E-state index in [0.717, 1.165) is 5.56 Å². The molecule has 0 saturated heterocycles. The average Bonchev–Trinajstić information content (AvgIpc) is 2.70. The molecule has 0 aliphatic heterocycles. The van der Waals surface area contributed by atoms with Crippen LogP contribution in [0.4, 0.5) is 11.5 Å². The molecule has 158 valence electrons. The quantitative estimate of drug-likeness (QED) is 0.422. The van der Waals surface area contributed by atoms with Gasteiger partial charge in [-0.1, -0.05) is 79.6 Å². The predicted molar refractivity (Wildman–Crippen MR) is 129 cm³/mol. The Morgan fingerprint density at radius 1 is 1.10 bits per heavy atom. The van der Waals surface area contributed by atoms with E-state index in [-0.39, 0.29) is 16.9 Å². The van der Waals surface area contributed by atoms with E-state index in [4.69, 9.17) is 11.6 Å². The highest BCUT2D eigenvalue weighted by atomic mass is 35.5. The van der Waals surface area contributed by atoms with Crippen LogP contribution in [-0.4, -0.2) is 23.5 Å². The molecule has 0 aliphatic carbocycles. The molecule has 0 radical (unpaired) electrons. The molecule has 5 nitrogen and oxygen atoms in total. The van der Waals surface area contributed by atoms with E-state index in [0.29, 0.717) is 17.8 Å². The lowest BCUT2D eigenvalue weighted by Gasteiger charge is -2.22. The number of hydrogen-bond donors (Lipinski definition) is 0. The molecule has 0 fully saturated rings. The number of aromatic nitrogens is 2. The first-order chi connectivity index (χ1) is 14.7. The lowest BCUT2D eigenvalue weighted by Crippen LogP contribution is -2.34. The Kier molecular flexibility index (Phi) is 6.79. The summed E-state index contributed by atoms with van der Waals surface area (Å²) in [7, 11) is -1.64. The van der Waals surface area contributed by atoms with Crippen LogP contribution in [0.5, 0.6) is 0 Å². The summed E-state index contributed by atoms with van der Waals surface area (Å²) in [6.07, 6.45) is 1.48. The van der Waals surface area contributed by atoms with Crippen molar-refractivity contribution in [2.75, 3.05) is 4.90 Å². The zero-order chi connectivity index (χ0) is 22.6. The van der Waals surface area contributed by atoms with E-state index in [9.17, 15) is 9.59 Å². The van der Waals surface area contributed by atoms with Crippen molar-refractivity contribution in [3.05, 3.63) is 87.4 Å². The minimum atomic E-state index is -1.64. The number of rotatable bonds is 4. The smallest absolute Gasteiger partial charge is 0.294 e. The van der Waals surface area contributed by atoms with Crippen molar-refractivity contribution in [1.29, 1.82) is 0 Å². The number of amides is 1. The molecular weight excluding hydrogens is 426 g/mol. The van der Waals surface area contributed by atoms with Gasteiger partial charge in [-0.25, -0.2) is 4.98 Å². The molecular formula is C24H24ClN3O2Si. The number of para-hydroxylation sites is 1. The number of carbonyl (C=O) groups excluding carboxylic acids is 1. The van der Waals surface area contributed by atoms with Gasteiger partial charge in [-0.05, 0) is 17.7 Å². The predicted octanol–water partition coefficient (Wildman–Crippen LogP) is 4.86. The van der Waals surface area contributed by atoms with Crippen LogP contribution in [0.1, 0.15) is 18.1 Å². The largest absolute Gasteiger partial charge is 0.305 e. The third-order valence-corrected chi connectivity index (χ3v) is 5.42. The fourth-order valence-electron chi connectivity index (χ4n) is 3.00. The summed E-state index contributed by atoms with van der Waals surface area (Å²) in [5, 5.41) is 0.127. The molecule has 0 spiro atoms. The van der Waals surface area contributed by atoms with Gasteiger partial charge in [0.15, 0.2) is 0 Å². The van der Waals surface area contributed by atoms with Gasteiger partial charge in [0.25, 0.3) is 5.56 Å². The number of halogens is 1. The van der Waals surface area contributed by atoms with Crippen LogP contribution < -0.4 is 10.5 Å². The molecule has 31 heavy (non-hydrogen) atoms. The zero-order valence-corrected chi connectivity index (χ0v) is 19.8. The van der Waals surface area contributed by atoms with Gasteiger partial charge in [-0.15, -0.1) is 5.54 Å². The molecule has 1 heterocycles. The Bertz CT molecular complexity index is 1220. The number of anilines is 2. The molecule has 0 atom stereocenters. The zero-order valence-electron chi connectivity index (χ0n) is 18.0. The van der Waals surface area contributed by atoms with Gasteiger partial charge in [0.2, 0.25) is 11.7 Å². The highest BCUT2D eigenvalue weighted by Gasteiger charge is 2.23.